The molecule has 0 aliphatic heterocycles. The van der Waals surface area contributed by atoms with Crippen LogP contribution in [0.3, 0.4) is 0 Å². The number of hydrogen-bond acceptors (Lipinski definition) is 1. The first-order valence-electron chi connectivity index (χ1n) is 5.33. The van der Waals surface area contributed by atoms with Crippen molar-refractivity contribution in [2.45, 2.75) is 26.3 Å². The summed E-state index contributed by atoms with van der Waals surface area (Å²) in [6.45, 7) is 5.23. The van der Waals surface area contributed by atoms with Crippen molar-refractivity contribution in [1.82, 2.24) is 9.55 Å². The van der Waals surface area contributed by atoms with E-state index in [2.05, 4.69) is 23.4 Å². The lowest BCUT2D eigenvalue weighted by molar-refractivity contribution is 0.522. The lowest BCUT2D eigenvalue weighted by Gasteiger charge is -2.10. The van der Waals surface area contributed by atoms with Gasteiger partial charge in [0.15, 0.2) is 0 Å². The van der Waals surface area contributed by atoms with Crippen LogP contribution in [0.4, 0.5) is 0 Å². The van der Waals surface area contributed by atoms with Crippen molar-refractivity contribution in [3.8, 4) is 0 Å². The minimum Gasteiger partial charge on any atom is -0.325 e. The summed E-state index contributed by atoms with van der Waals surface area (Å²) in [6.07, 6.45) is 0. The number of alkyl halides is 1. The number of nitrogens with zero attached hydrogens (tertiary/aromatic N) is 2. The predicted octanol–water partition coefficient (Wildman–Crippen LogP) is 4.08. The van der Waals surface area contributed by atoms with Gasteiger partial charge in [-0.1, -0.05) is 31.5 Å². The summed E-state index contributed by atoms with van der Waals surface area (Å²) in [5, 5.41) is 0.738. The number of benzene rings is 1. The molecule has 0 unspecified atom stereocenters. The molecule has 16 heavy (non-hydrogen) atoms. The molecule has 1 heterocycles. The molecule has 2 rings (SSSR count). The molecule has 1 aromatic heterocycles. The first kappa shape index (κ1) is 11.7. The van der Waals surface area contributed by atoms with Crippen LogP contribution in [-0.4, -0.2) is 9.55 Å². The van der Waals surface area contributed by atoms with Crippen LogP contribution in [0.1, 0.15) is 19.7 Å². The molecule has 0 bridgehead atoms. The van der Waals surface area contributed by atoms with Crippen LogP contribution in [0.25, 0.3) is 11.0 Å². The summed E-state index contributed by atoms with van der Waals surface area (Å²) in [4.78, 5) is 4.49. The van der Waals surface area contributed by atoms with Crippen LogP contribution in [0.15, 0.2) is 18.2 Å². The molecular weight excluding hydrogens is 243 g/mol. The van der Waals surface area contributed by atoms with Gasteiger partial charge < -0.3 is 4.57 Å². The number of fused-ring (bicyclic) bond motifs is 1. The lowest BCUT2D eigenvalue weighted by atomic mass is 10.2. The lowest BCUT2D eigenvalue weighted by Crippen LogP contribution is -2.07. The minimum atomic E-state index is 0.414. The van der Waals surface area contributed by atoms with Gasteiger partial charge in [-0.15, -0.1) is 11.6 Å². The summed E-state index contributed by atoms with van der Waals surface area (Å²) in [6, 6.07) is 5.77. The zero-order chi connectivity index (χ0) is 11.7. The Morgan fingerprint density at radius 1 is 1.38 bits per heavy atom. The van der Waals surface area contributed by atoms with Crippen molar-refractivity contribution in [1.29, 1.82) is 0 Å². The average Bonchev–Trinajstić information content (AvgIpc) is 2.57. The molecule has 0 spiro atoms. The van der Waals surface area contributed by atoms with E-state index in [1.54, 1.807) is 0 Å². The molecular formula is C12H14Cl2N2. The van der Waals surface area contributed by atoms with E-state index in [9.17, 15) is 0 Å². The Hall–Kier alpha value is -0.730. The van der Waals surface area contributed by atoms with Gasteiger partial charge in [-0.25, -0.2) is 4.98 Å². The number of imidazole rings is 1. The van der Waals surface area contributed by atoms with E-state index >= 15 is 0 Å². The zero-order valence-electron chi connectivity index (χ0n) is 9.37. The van der Waals surface area contributed by atoms with Crippen LogP contribution in [0.5, 0.6) is 0 Å². The highest BCUT2D eigenvalue weighted by atomic mass is 35.5. The smallest absolute Gasteiger partial charge is 0.124 e. The highest BCUT2D eigenvalue weighted by molar-refractivity contribution is 6.35. The maximum Gasteiger partial charge on any atom is 0.124 e. The van der Waals surface area contributed by atoms with Crippen molar-refractivity contribution >= 4 is 34.2 Å². The Balaban J connectivity index is 2.66. The van der Waals surface area contributed by atoms with E-state index in [1.165, 1.54) is 0 Å². The van der Waals surface area contributed by atoms with Crippen molar-refractivity contribution in [2.75, 3.05) is 0 Å². The number of hydrogen-bond donors (Lipinski definition) is 0. The van der Waals surface area contributed by atoms with Gasteiger partial charge in [0.05, 0.1) is 21.9 Å². The molecule has 2 nitrogen and oxygen atoms in total. The van der Waals surface area contributed by atoms with E-state index < -0.39 is 0 Å². The summed E-state index contributed by atoms with van der Waals surface area (Å²) >= 11 is 12.1. The Bertz CT molecular complexity index is 503. The summed E-state index contributed by atoms with van der Waals surface area (Å²) in [7, 11) is 0. The fourth-order valence-corrected chi connectivity index (χ4v) is 2.33. The topological polar surface area (TPSA) is 17.8 Å². The van der Waals surface area contributed by atoms with Crippen molar-refractivity contribution in [2.24, 2.45) is 5.92 Å². The second kappa shape index (κ2) is 4.64. The van der Waals surface area contributed by atoms with Gasteiger partial charge in [0.25, 0.3) is 0 Å². The highest BCUT2D eigenvalue weighted by Gasteiger charge is 2.13. The van der Waals surface area contributed by atoms with Gasteiger partial charge in [-0.2, -0.15) is 0 Å². The quantitative estimate of drug-likeness (QED) is 0.757. The van der Waals surface area contributed by atoms with Crippen LogP contribution in [0, 0.1) is 5.92 Å². The maximum atomic E-state index is 6.21. The molecule has 0 atom stereocenters. The van der Waals surface area contributed by atoms with Gasteiger partial charge in [-0.3, -0.25) is 0 Å². The van der Waals surface area contributed by atoms with Crippen molar-refractivity contribution in [3.05, 3.63) is 29.0 Å². The third-order valence-corrected chi connectivity index (χ3v) is 3.01. The van der Waals surface area contributed by atoms with Gasteiger partial charge in [0.1, 0.15) is 5.82 Å². The molecule has 0 saturated carbocycles. The van der Waals surface area contributed by atoms with Gasteiger partial charge in [0, 0.05) is 6.54 Å². The maximum absolute atomic E-state index is 6.21. The normalized spacial score (nSPS) is 11.6. The van der Waals surface area contributed by atoms with Gasteiger partial charge in [0.2, 0.25) is 0 Å². The minimum absolute atomic E-state index is 0.414. The van der Waals surface area contributed by atoms with Crippen LogP contribution in [0.2, 0.25) is 5.02 Å². The molecule has 0 fully saturated rings. The fourth-order valence-electron chi connectivity index (χ4n) is 1.85. The third-order valence-electron chi connectivity index (χ3n) is 2.46. The van der Waals surface area contributed by atoms with Crippen LogP contribution >= 0.6 is 23.2 Å². The van der Waals surface area contributed by atoms with Gasteiger partial charge in [-0.05, 0) is 18.1 Å². The molecule has 0 radical (unpaired) electrons. The predicted molar refractivity (Wildman–Crippen MR) is 69.1 cm³/mol. The Morgan fingerprint density at radius 3 is 2.75 bits per heavy atom. The van der Waals surface area contributed by atoms with Crippen LogP contribution < -0.4 is 0 Å². The molecule has 0 N–H and O–H groups in total. The zero-order valence-corrected chi connectivity index (χ0v) is 10.9. The van der Waals surface area contributed by atoms with E-state index in [1.807, 2.05) is 18.2 Å². The number of aromatic nitrogens is 2. The Morgan fingerprint density at radius 2 is 2.12 bits per heavy atom. The Labute approximate surface area is 105 Å². The number of para-hydroxylation sites is 1. The first-order valence-corrected chi connectivity index (χ1v) is 6.24. The molecule has 1 aromatic carbocycles. The molecule has 4 heteroatoms. The molecule has 86 valence electrons. The largest absolute Gasteiger partial charge is 0.325 e. The molecule has 0 saturated heterocycles. The van der Waals surface area contributed by atoms with E-state index in [0.29, 0.717) is 11.8 Å². The fraction of sp³-hybridized carbons (Fsp3) is 0.417. The molecule has 2 aromatic rings. The third kappa shape index (κ3) is 2.04. The monoisotopic (exact) mass is 256 g/mol. The van der Waals surface area contributed by atoms with Crippen LogP contribution in [-0.2, 0) is 12.4 Å². The summed E-state index contributed by atoms with van der Waals surface area (Å²) in [5.74, 6) is 1.84. The van der Waals surface area contributed by atoms with Gasteiger partial charge >= 0.3 is 0 Å². The number of halogens is 2. The average molecular weight is 257 g/mol. The van der Waals surface area contributed by atoms with Crippen molar-refractivity contribution in [3.63, 3.8) is 0 Å². The highest BCUT2D eigenvalue weighted by Crippen LogP contribution is 2.26. The van der Waals surface area contributed by atoms with E-state index in [-0.39, 0.29) is 0 Å². The summed E-state index contributed by atoms with van der Waals surface area (Å²) in [5.41, 5.74) is 1.91. The second-order valence-corrected chi connectivity index (χ2v) is 4.95. The number of rotatable bonds is 3. The van der Waals surface area contributed by atoms with E-state index in [4.69, 9.17) is 23.2 Å². The second-order valence-electron chi connectivity index (χ2n) is 4.27. The first-order chi connectivity index (χ1) is 7.63. The summed E-state index contributed by atoms with van der Waals surface area (Å²) < 4.78 is 2.12. The molecule has 0 amide bonds. The molecule has 0 aliphatic rings. The Kier molecular flexibility index (Phi) is 3.41. The van der Waals surface area contributed by atoms with E-state index in [0.717, 1.165) is 28.4 Å². The molecule has 0 aliphatic carbocycles. The standard InChI is InChI=1S/C12H14Cl2N2/c1-8(2)7-16-11(6-13)15-10-5-3-4-9(14)12(10)16/h3-5,8H,6-7H2,1-2H3. The SMILES string of the molecule is CC(C)Cn1c(CCl)nc2cccc(Cl)c21. The van der Waals surface area contributed by atoms with Crippen molar-refractivity contribution < 1.29 is 0 Å².